The lowest BCUT2D eigenvalue weighted by Crippen LogP contribution is -2.40. The number of nitrogens with zero attached hydrogens (tertiary/aromatic N) is 1. The van der Waals surface area contributed by atoms with Crippen LogP contribution >= 0.6 is 0 Å². The molecule has 1 atom stereocenters. The lowest BCUT2D eigenvalue weighted by molar-refractivity contribution is -0.139. The first kappa shape index (κ1) is 12.4. The average molecular weight is 267 g/mol. The molecule has 4 heteroatoms. The lowest BCUT2D eigenvalue weighted by Gasteiger charge is -2.33. The van der Waals surface area contributed by atoms with E-state index in [1.165, 1.54) is 0 Å². The Morgan fingerprint density at radius 3 is 2.40 bits per heavy atom. The van der Waals surface area contributed by atoms with Gasteiger partial charge in [0.05, 0.1) is 5.69 Å². The molecule has 1 aliphatic rings. The van der Waals surface area contributed by atoms with Crippen molar-refractivity contribution in [3.8, 4) is 0 Å². The summed E-state index contributed by atoms with van der Waals surface area (Å²) in [5, 5.41) is 9.25. The number of carboxylic acid groups (broad SMARTS) is 1. The summed E-state index contributed by atoms with van der Waals surface area (Å²) < 4.78 is 0. The van der Waals surface area contributed by atoms with Crippen molar-refractivity contribution in [2.45, 2.75) is 0 Å². The van der Waals surface area contributed by atoms with Crippen LogP contribution in [0.4, 0.5) is 11.4 Å². The van der Waals surface area contributed by atoms with Crippen LogP contribution in [0.15, 0.2) is 54.6 Å². The molecule has 1 unspecified atom stereocenters. The molecule has 0 radical (unpaired) electrons. The fraction of sp³-hybridized carbons (Fsp3) is 0.125. The van der Waals surface area contributed by atoms with Gasteiger partial charge in [-0.25, -0.2) is 0 Å². The van der Waals surface area contributed by atoms with Gasteiger partial charge >= 0.3 is 5.97 Å². The number of anilines is 2. The SMILES string of the molecule is O=C(O)C1CN(c2ccccc2)c2ccccc2C1=O. The molecule has 20 heavy (non-hydrogen) atoms. The van der Waals surface area contributed by atoms with Crippen LogP contribution in [0.2, 0.25) is 0 Å². The predicted octanol–water partition coefficient (Wildman–Crippen LogP) is 2.72. The molecule has 0 amide bonds. The Labute approximate surface area is 116 Å². The van der Waals surface area contributed by atoms with Gasteiger partial charge < -0.3 is 10.0 Å². The van der Waals surface area contributed by atoms with E-state index in [9.17, 15) is 14.7 Å². The third kappa shape index (κ3) is 1.95. The van der Waals surface area contributed by atoms with Gasteiger partial charge in [-0.1, -0.05) is 30.3 Å². The number of hydrogen-bond donors (Lipinski definition) is 1. The summed E-state index contributed by atoms with van der Waals surface area (Å²) in [6.45, 7) is 0.162. The number of hydrogen-bond acceptors (Lipinski definition) is 3. The molecule has 100 valence electrons. The van der Waals surface area contributed by atoms with Crippen LogP contribution < -0.4 is 4.90 Å². The molecule has 2 aromatic carbocycles. The maximum atomic E-state index is 12.2. The van der Waals surface area contributed by atoms with Crippen LogP contribution in [0, 0.1) is 5.92 Å². The number of rotatable bonds is 2. The van der Waals surface area contributed by atoms with E-state index >= 15 is 0 Å². The third-order valence-corrected chi connectivity index (χ3v) is 3.51. The van der Waals surface area contributed by atoms with E-state index in [2.05, 4.69) is 0 Å². The van der Waals surface area contributed by atoms with Crippen molar-refractivity contribution < 1.29 is 14.7 Å². The molecular weight excluding hydrogens is 254 g/mol. The maximum absolute atomic E-state index is 12.2. The molecule has 0 saturated heterocycles. The largest absolute Gasteiger partial charge is 0.481 e. The second-order valence-electron chi connectivity index (χ2n) is 4.72. The minimum atomic E-state index is -1.08. The lowest BCUT2D eigenvalue weighted by atomic mass is 9.90. The van der Waals surface area contributed by atoms with Crippen molar-refractivity contribution in [3.63, 3.8) is 0 Å². The first-order valence-electron chi connectivity index (χ1n) is 6.37. The molecule has 1 aliphatic heterocycles. The molecule has 0 saturated carbocycles. The molecule has 0 bridgehead atoms. The second kappa shape index (κ2) is 4.81. The third-order valence-electron chi connectivity index (χ3n) is 3.51. The van der Waals surface area contributed by atoms with Gasteiger partial charge in [-0.2, -0.15) is 0 Å². The summed E-state index contributed by atoms with van der Waals surface area (Å²) in [5.74, 6) is -2.42. The van der Waals surface area contributed by atoms with Crippen molar-refractivity contribution in [1.29, 1.82) is 0 Å². The molecule has 0 fully saturated rings. The zero-order valence-electron chi connectivity index (χ0n) is 10.7. The van der Waals surface area contributed by atoms with Crippen LogP contribution in [-0.4, -0.2) is 23.4 Å². The second-order valence-corrected chi connectivity index (χ2v) is 4.72. The van der Waals surface area contributed by atoms with Gasteiger partial charge in [-0.15, -0.1) is 0 Å². The highest BCUT2D eigenvalue weighted by molar-refractivity contribution is 6.13. The molecule has 2 aromatic rings. The van der Waals surface area contributed by atoms with E-state index in [4.69, 9.17) is 0 Å². The van der Waals surface area contributed by atoms with E-state index < -0.39 is 11.9 Å². The highest BCUT2D eigenvalue weighted by Gasteiger charge is 2.36. The van der Waals surface area contributed by atoms with Crippen LogP contribution in [0.1, 0.15) is 10.4 Å². The molecule has 3 rings (SSSR count). The number of ketones is 1. The van der Waals surface area contributed by atoms with E-state index in [1.807, 2.05) is 47.4 Å². The first-order chi connectivity index (χ1) is 9.68. The van der Waals surface area contributed by atoms with Gasteiger partial charge in [0, 0.05) is 17.8 Å². The Morgan fingerprint density at radius 1 is 1.05 bits per heavy atom. The van der Waals surface area contributed by atoms with Crippen molar-refractivity contribution in [2.24, 2.45) is 5.92 Å². The fourth-order valence-electron chi connectivity index (χ4n) is 2.51. The van der Waals surface area contributed by atoms with Crippen molar-refractivity contribution in [2.75, 3.05) is 11.4 Å². The Balaban J connectivity index is 2.13. The molecular formula is C16H13NO3. The van der Waals surface area contributed by atoms with Gasteiger partial charge in [0.25, 0.3) is 0 Å². The van der Waals surface area contributed by atoms with Crippen LogP contribution in [-0.2, 0) is 4.79 Å². The minimum Gasteiger partial charge on any atom is -0.481 e. The Bertz CT molecular complexity index is 666. The monoisotopic (exact) mass is 267 g/mol. The number of para-hydroxylation sites is 2. The zero-order valence-corrected chi connectivity index (χ0v) is 10.7. The van der Waals surface area contributed by atoms with Gasteiger partial charge in [-0.05, 0) is 24.3 Å². The average Bonchev–Trinajstić information content (AvgIpc) is 2.48. The highest BCUT2D eigenvalue weighted by Crippen LogP contribution is 2.35. The van der Waals surface area contributed by atoms with E-state index in [0.717, 1.165) is 11.4 Å². The fourth-order valence-corrected chi connectivity index (χ4v) is 2.51. The molecule has 1 heterocycles. The van der Waals surface area contributed by atoms with E-state index in [1.54, 1.807) is 12.1 Å². The summed E-state index contributed by atoms with van der Waals surface area (Å²) in [7, 11) is 0. The Morgan fingerprint density at radius 2 is 1.70 bits per heavy atom. The number of fused-ring (bicyclic) bond motifs is 1. The predicted molar refractivity (Wildman–Crippen MR) is 75.3 cm³/mol. The van der Waals surface area contributed by atoms with E-state index in [0.29, 0.717) is 5.56 Å². The molecule has 1 N–H and O–H groups in total. The normalized spacial score (nSPS) is 17.7. The quantitative estimate of drug-likeness (QED) is 0.850. The summed E-state index contributed by atoms with van der Waals surface area (Å²) in [6, 6.07) is 16.6. The topological polar surface area (TPSA) is 57.6 Å². The number of Topliss-reactive ketones (excluding diaryl/α,β-unsaturated/α-hetero) is 1. The molecule has 0 aromatic heterocycles. The first-order valence-corrected chi connectivity index (χ1v) is 6.37. The van der Waals surface area contributed by atoms with Gasteiger partial charge in [-0.3, -0.25) is 9.59 Å². The summed E-state index contributed by atoms with van der Waals surface area (Å²) in [4.78, 5) is 25.4. The van der Waals surface area contributed by atoms with Crippen molar-refractivity contribution in [3.05, 3.63) is 60.2 Å². The smallest absolute Gasteiger partial charge is 0.316 e. The Kier molecular flexibility index (Phi) is 2.99. The minimum absolute atomic E-state index is 0.162. The molecule has 0 aliphatic carbocycles. The standard InChI is InChI=1S/C16H13NO3/c18-15-12-8-4-5-9-14(12)17(10-13(15)16(19)20)11-6-2-1-3-7-11/h1-9,13H,10H2,(H,19,20). The van der Waals surface area contributed by atoms with Gasteiger partial charge in [0.2, 0.25) is 0 Å². The van der Waals surface area contributed by atoms with Crippen molar-refractivity contribution >= 4 is 23.1 Å². The number of carboxylic acids is 1. The number of carbonyl (C=O) groups excluding carboxylic acids is 1. The molecule has 0 spiro atoms. The summed E-state index contributed by atoms with van der Waals surface area (Å²) in [6.07, 6.45) is 0. The van der Waals surface area contributed by atoms with Gasteiger partial charge in [0.15, 0.2) is 5.78 Å². The van der Waals surface area contributed by atoms with E-state index in [-0.39, 0.29) is 12.3 Å². The summed E-state index contributed by atoms with van der Waals surface area (Å²) >= 11 is 0. The molecule has 4 nitrogen and oxygen atoms in total. The van der Waals surface area contributed by atoms with Crippen LogP contribution in [0.3, 0.4) is 0 Å². The summed E-state index contributed by atoms with van der Waals surface area (Å²) in [5.41, 5.74) is 2.12. The highest BCUT2D eigenvalue weighted by atomic mass is 16.4. The van der Waals surface area contributed by atoms with Crippen LogP contribution in [0.5, 0.6) is 0 Å². The Hall–Kier alpha value is -2.62. The number of benzene rings is 2. The number of aliphatic carboxylic acids is 1. The van der Waals surface area contributed by atoms with Crippen LogP contribution in [0.25, 0.3) is 0 Å². The van der Waals surface area contributed by atoms with Crippen molar-refractivity contribution in [1.82, 2.24) is 0 Å². The van der Waals surface area contributed by atoms with Gasteiger partial charge in [0.1, 0.15) is 5.92 Å². The zero-order chi connectivity index (χ0) is 14.1. The number of carbonyl (C=O) groups is 2. The maximum Gasteiger partial charge on any atom is 0.316 e.